The van der Waals surface area contributed by atoms with Gasteiger partial charge in [-0.2, -0.15) is 0 Å². The van der Waals surface area contributed by atoms with Gasteiger partial charge in [-0.25, -0.2) is 0 Å². The van der Waals surface area contributed by atoms with E-state index in [9.17, 15) is 9.59 Å². The SMILES string of the molecule is CC(=O)C[C@H]1CCC[C@]1(C)OC(C)=O. The Balaban J connectivity index is 2.65. The van der Waals surface area contributed by atoms with E-state index in [0.717, 1.165) is 19.3 Å². The highest BCUT2D eigenvalue weighted by Gasteiger charge is 2.41. The molecule has 0 unspecified atom stereocenters. The minimum Gasteiger partial charge on any atom is -0.459 e. The Kier molecular flexibility index (Phi) is 3.29. The first-order valence-electron chi connectivity index (χ1n) is 5.13. The van der Waals surface area contributed by atoms with Gasteiger partial charge in [0.15, 0.2) is 0 Å². The molecular weight excluding hydrogens is 180 g/mol. The second kappa shape index (κ2) is 4.11. The van der Waals surface area contributed by atoms with Gasteiger partial charge in [-0.05, 0) is 33.1 Å². The number of carbonyl (C=O) groups is 2. The number of esters is 1. The van der Waals surface area contributed by atoms with E-state index in [1.165, 1.54) is 6.92 Å². The molecule has 0 heterocycles. The average Bonchev–Trinajstić information content (AvgIpc) is 2.29. The highest BCUT2D eigenvalue weighted by atomic mass is 16.6. The molecule has 0 saturated heterocycles. The maximum atomic E-state index is 11.0. The van der Waals surface area contributed by atoms with Crippen molar-refractivity contribution in [3.05, 3.63) is 0 Å². The zero-order chi connectivity index (χ0) is 10.8. The standard InChI is InChI=1S/C11H18O3/c1-8(12)7-10-5-4-6-11(10,3)14-9(2)13/h10H,4-7H2,1-3H3/t10-,11+/m1/s1. The summed E-state index contributed by atoms with van der Waals surface area (Å²) < 4.78 is 5.32. The van der Waals surface area contributed by atoms with Gasteiger partial charge >= 0.3 is 5.97 Å². The van der Waals surface area contributed by atoms with Gasteiger partial charge in [0.1, 0.15) is 11.4 Å². The molecule has 1 aliphatic rings. The van der Waals surface area contributed by atoms with Gasteiger partial charge in [-0.15, -0.1) is 0 Å². The Bertz CT molecular complexity index is 247. The number of hydrogen-bond donors (Lipinski definition) is 0. The Morgan fingerprint density at radius 3 is 2.57 bits per heavy atom. The summed E-state index contributed by atoms with van der Waals surface area (Å²) in [4.78, 5) is 22.0. The number of rotatable bonds is 3. The highest BCUT2D eigenvalue weighted by molar-refractivity contribution is 5.76. The first kappa shape index (κ1) is 11.2. The molecule has 0 aliphatic heterocycles. The molecule has 1 fully saturated rings. The van der Waals surface area contributed by atoms with Crippen LogP contribution in [0.3, 0.4) is 0 Å². The quantitative estimate of drug-likeness (QED) is 0.652. The lowest BCUT2D eigenvalue weighted by Gasteiger charge is -2.30. The van der Waals surface area contributed by atoms with Gasteiger partial charge in [-0.1, -0.05) is 0 Å². The molecule has 0 spiro atoms. The van der Waals surface area contributed by atoms with Crippen LogP contribution in [-0.2, 0) is 14.3 Å². The van der Waals surface area contributed by atoms with Gasteiger partial charge in [0.25, 0.3) is 0 Å². The Morgan fingerprint density at radius 2 is 2.07 bits per heavy atom. The fraction of sp³-hybridized carbons (Fsp3) is 0.818. The second-order valence-electron chi connectivity index (χ2n) is 4.40. The van der Waals surface area contributed by atoms with E-state index in [4.69, 9.17) is 4.74 Å². The molecule has 2 atom stereocenters. The molecule has 80 valence electrons. The van der Waals surface area contributed by atoms with Crippen molar-refractivity contribution in [3.8, 4) is 0 Å². The van der Waals surface area contributed by atoms with Crippen molar-refractivity contribution in [1.82, 2.24) is 0 Å². The first-order valence-corrected chi connectivity index (χ1v) is 5.13. The highest BCUT2D eigenvalue weighted by Crippen LogP contribution is 2.40. The molecule has 0 bridgehead atoms. The normalized spacial score (nSPS) is 31.5. The number of carbonyl (C=O) groups excluding carboxylic acids is 2. The third-order valence-electron chi connectivity index (χ3n) is 3.00. The van der Waals surface area contributed by atoms with Crippen molar-refractivity contribution in [3.63, 3.8) is 0 Å². The fourth-order valence-electron chi connectivity index (χ4n) is 2.34. The molecule has 0 amide bonds. The summed E-state index contributed by atoms with van der Waals surface area (Å²) in [7, 11) is 0. The summed E-state index contributed by atoms with van der Waals surface area (Å²) in [5.74, 6) is 0.141. The summed E-state index contributed by atoms with van der Waals surface area (Å²) in [6.45, 7) is 4.95. The number of hydrogen-bond acceptors (Lipinski definition) is 3. The summed E-state index contributed by atoms with van der Waals surface area (Å²) in [6, 6.07) is 0. The van der Waals surface area contributed by atoms with Crippen LogP contribution >= 0.6 is 0 Å². The zero-order valence-electron chi connectivity index (χ0n) is 9.13. The Hall–Kier alpha value is -0.860. The van der Waals surface area contributed by atoms with Gasteiger partial charge in [0.05, 0.1) is 0 Å². The maximum absolute atomic E-state index is 11.0. The van der Waals surface area contributed by atoms with Crippen LogP contribution in [0.4, 0.5) is 0 Å². The van der Waals surface area contributed by atoms with Crippen LogP contribution in [0.25, 0.3) is 0 Å². The predicted octanol–water partition coefficient (Wildman–Crippen LogP) is 2.09. The van der Waals surface area contributed by atoms with Crippen molar-refractivity contribution < 1.29 is 14.3 Å². The summed E-state index contributed by atoms with van der Waals surface area (Å²) >= 11 is 0. The lowest BCUT2D eigenvalue weighted by Crippen LogP contribution is -2.35. The van der Waals surface area contributed by atoms with Gasteiger partial charge in [-0.3, -0.25) is 4.79 Å². The summed E-state index contributed by atoms with van der Waals surface area (Å²) in [5, 5.41) is 0. The van der Waals surface area contributed by atoms with E-state index in [2.05, 4.69) is 0 Å². The number of ketones is 1. The van der Waals surface area contributed by atoms with E-state index in [0.29, 0.717) is 6.42 Å². The number of ether oxygens (including phenoxy) is 1. The largest absolute Gasteiger partial charge is 0.459 e. The molecule has 0 aromatic rings. The van der Waals surface area contributed by atoms with Crippen LogP contribution in [0.5, 0.6) is 0 Å². The predicted molar refractivity (Wildman–Crippen MR) is 52.8 cm³/mol. The first-order chi connectivity index (χ1) is 6.44. The van der Waals surface area contributed by atoms with Crippen LogP contribution in [0.1, 0.15) is 46.5 Å². The lowest BCUT2D eigenvalue weighted by atomic mass is 9.88. The fourth-order valence-corrected chi connectivity index (χ4v) is 2.34. The van der Waals surface area contributed by atoms with Crippen molar-refractivity contribution in [2.45, 2.75) is 52.1 Å². The topological polar surface area (TPSA) is 43.4 Å². The molecule has 1 rings (SSSR count). The van der Waals surface area contributed by atoms with Crippen LogP contribution in [-0.4, -0.2) is 17.4 Å². The minimum absolute atomic E-state index is 0.176. The monoisotopic (exact) mass is 198 g/mol. The van der Waals surface area contributed by atoms with E-state index in [1.54, 1.807) is 6.92 Å². The zero-order valence-corrected chi connectivity index (χ0v) is 9.13. The molecule has 0 radical (unpaired) electrons. The molecule has 0 aromatic carbocycles. The van der Waals surface area contributed by atoms with Crippen LogP contribution in [0, 0.1) is 5.92 Å². The molecule has 1 aliphatic carbocycles. The maximum Gasteiger partial charge on any atom is 0.303 e. The molecule has 0 N–H and O–H groups in total. The smallest absolute Gasteiger partial charge is 0.303 e. The van der Waals surface area contributed by atoms with E-state index in [-0.39, 0.29) is 17.7 Å². The van der Waals surface area contributed by atoms with Crippen LogP contribution < -0.4 is 0 Å². The molecule has 3 nitrogen and oxygen atoms in total. The van der Waals surface area contributed by atoms with E-state index < -0.39 is 5.60 Å². The second-order valence-corrected chi connectivity index (χ2v) is 4.40. The third kappa shape index (κ3) is 2.56. The Morgan fingerprint density at radius 1 is 1.43 bits per heavy atom. The molecule has 14 heavy (non-hydrogen) atoms. The summed E-state index contributed by atoms with van der Waals surface area (Å²) in [5.41, 5.74) is -0.405. The van der Waals surface area contributed by atoms with E-state index in [1.807, 2.05) is 6.92 Å². The number of Topliss-reactive ketones (excluding diaryl/α,β-unsaturated/α-hetero) is 1. The Labute approximate surface area is 84.8 Å². The average molecular weight is 198 g/mol. The van der Waals surface area contributed by atoms with Gasteiger partial charge in [0, 0.05) is 19.3 Å². The van der Waals surface area contributed by atoms with Gasteiger partial charge in [0.2, 0.25) is 0 Å². The van der Waals surface area contributed by atoms with Crippen molar-refractivity contribution in [2.75, 3.05) is 0 Å². The lowest BCUT2D eigenvalue weighted by molar-refractivity contribution is -0.159. The van der Waals surface area contributed by atoms with Crippen molar-refractivity contribution in [1.29, 1.82) is 0 Å². The minimum atomic E-state index is -0.405. The van der Waals surface area contributed by atoms with Crippen molar-refractivity contribution in [2.24, 2.45) is 5.92 Å². The van der Waals surface area contributed by atoms with Crippen LogP contribution in [0.2, 0.25) is 0 Å². The molecule has 3 heteroatoms. The van der Waals surface area contributed by atoms with Gasteiger partial charge < -0.3 is 9.53 Å². The molecular formula is C11H18O3. The summed E-state index contributed by atoms with van der Waals surface area (Å²) in [6.07, 6.45) is 3.44. The van der Waals surface area contributed by atoms with Crippen molar-refractivity contribution >= 4 is 11.8 Å². The molecule has 0 aromatic heterocycles. The van der Waals surface area contributed by atoms with E-state index >= 15 is 0 Å². The third-order valence-corrected chi connectivity index (χ3v) is 3.00. The molecule has 1 saturated carbocycles. The van der Waals surface area contributed by atoms with Crippen LogP contribution in [0.15, 0.2) is 0 Å².